The summed E-state index contributed by atoms with van der Waals surface area (Å²) in [5.41, 5.74) is -0.622. The Morgan fingerprint density at radius 3 is 2.72 bits per heavy atom. The molecule has 0 spiro atoms. The molecular weight excluding hydrogens is 236 g/mol. The van der Waals surface area contributed by atoms with Gasteiger partial charge in [0.15, 0.2) is 11.7 Å². The van der Waals surface area contributed by atoms with Crippen molar-refractivity contribution in [2.45, 2.75) is 32.9 Å². The van der Waals surface area contributed by atoms with E-state index in [4.69, 9.17) is 4.74 Å². The molecule has 0 saturated heterocycles. The van der Waals surface area contributed by atoms with Gasteiger partial charge in [0.2, 0.25) is 0 Å². The molecule has 0 aliphatic rings. The van der Waals surface area contributed by atoms with Gasteiger partial charge >= 0.3 is 6.09 Å². The quantitative estimate of drug-likeness (QED) is 0.791. The second-order valence-corrected chi connectivity index (χ2v) is 4.71. The molecule has 0 aliphatic carbocycles. The number of pyridine rings is 1. The third-order valence-corrected chi connectivity index (χ3v) is 2.01. The summed E-state index contributed by atoms with van der Waals surface area (Å²) < 4.78 is 5.03. The van der Waals surface area contributed by atoms with Crippen molar-refractivity contribution in [2.24, 2.45) is 0 Å². The van der Waals surface area contributed by atoms with Crippen LogP contribution in [0.5, 0.6) is 0 Å². The fourth-order valence-electron chi connectivity index (χ4n) is 1.28. The lowest BCUT2D eigenvalue weighted by molar-refractivity contribution is 0.0522. The summed E-state index contributed by atoms with van der Waals surface area (Å²) in [6.45, 7) is 5.26. The molecule has 1 amide bonds. The van der Waals surface area contributed by atoms with Gasteiger partial charge in [-0.3, -0.25) is 9.59 Å². The van der Waals surface area contributed by atoms with Crippen molar-refractivity contribution < 1.29 is 14.3 Å². The molecule has 0 aliphatic heterocycles. The monoisotopic (exact) mass is 252 g/mol. The maximum Gasteiger partial charge on any atom is 0.407 e. The number of amides is 1. The minimum Gasteiger partial charge on any atom is -0.444 e. The molecule has 0 bridgehead atoms. The summed E-state index contributed by atoms with van der Waals surface area (Å²) in [5, 5.41) is 2.47. The molecule has 0 unspecified atom stereocenters. The summed E-state index contributed by atoms with van der Waals surface area (Å²) in [6.07, 6.45) is 1.27. The lowest BCUT2D eigenvalue weighted by Crippen LogP contribution is -2.33. The highest BCUT2D eigenvalue weighted by atomic mass is 16.6. The highest BCUT2D eigenvalue weighted by molar-refractivity contribution is 5.76. The van der Waals surface area contributed by atoms with Crippen molar-refractivity contribution in [3.05, 3.63) is 33.7 Å². The van der Waals surface area contributed by atoms with E-state index in [1.807, 2.05) is 0 Å². The average molecular weight is 252 g/mol. The van der Waals surface area contributed by atoms with Crippen LogP contribution in [0.2, 0.25) is 0 Å². The fraction of sp³-hybridized carbons (Fsp3) is 0.417. The van der Waals surface area contributed by atoms with E-state index >= 15 is 0 Å². The van der Waals surface area contributed by atoms with Crippen LogP contribution in [0.4, 0.5) is 4.79 Å². The number of aldehydes is 1. The maximum atomic E-state index is 11.4. The van der Waals surface area contributed by atoms with Crippen LogP contribution in [0.15, 0.2) is 17.1 Å². The first-order valence-electron chi connectivity index (χ1n) is 5.46. The molecule has 0 aromatic carbocycles. The number of alkyl carbamates (subject to hydrolysis) is 1. The van der Waals surface area contributed by atoms with Gasteiger partial charge in [-0.15, -0.1) is 0 Å². The molecular formula is C12H16N2O4. The first-order valence-corrected chi connectivity index (χ1v) is 5.46. The predicted molar refractivity (Wildman–Crippen MR) is 65.5 cm³/mol. The van der Waals surface area contributed by atoms with Gasteiger partial charge in [0, 0.05) is 18.0 Å². The van der Waals surface area contributed by atoms with E-state index in [2.05, 4.69) is 10.3 Å². The van der Waals surface area contributed by atoms with Gasteiger partial charge in [-0.25, -0.2) is 4.79 Å². The van der Waals surface area contributed by atoms with Gasteiger partial charge in [-0.1, -0.05) is 0 Å². The molecule has 18 heavy (non-hydrogen) atoms. The summed E-state index contributed by atoms with van der Waals surface area (Å²) in [5.74, 6) is 0. The van der Waals surface area contributed by atoms with Crippen LogP contribution in [0.25, 0.3) is 0 Å². The highest BCUT2D eigenvalue weighted by Crippen LogP contribution is 2.06. The SMILES string of the molecule is CC(C)(C)OC(=O)NCc1[nH]ccc(=O)c1C=O. The third-order valence-electron chi connectivity index (χ3n) is 2.01. The highest BCUT2D eigenvalue weighted by Gasteiger charge is 2.16. The molecule has 0 atom stereocenters. The maximum absolute atomic E-state index is 11.4. The third kappa shape index (κ3) is 4.04. The number of hydrogen-bond acceptors (Lipinski definition) is 4. The fourth-order valence-corrected chi connectivity index (χ4v) is 1.28. The normalized spacial score (nSPS) is 10.8. The molecule has 1 aromatic heterocycles. The molecule has 2 N–H and O–H groups in total. The Hall–Kier alpha value is -2.11. The summed E-state index contributed by atoms with van der Waals surface area (Å²) in [6, 6.07) is 1.25. The van der Waals surface area contributed by atoms with E-state index in [1.165, 1.54) is 12.3 Å². The summed E-state index contributed by atoms with van der Waals surface area (Å²) >= 11 is 0. The Morgan fingerprint density at radius 2 is 2.17 bits per heavy atom. The first-order chi connectivity index (χ1) is 8.33. The van der Waals surface area contributed by atoms with E-state index in [0.717, 1.165) is 0 Å². The molecule has 1 rings (SSSR count). The number of carbonyl (C=O) groups excluding carboxylic acids is 2. The van der Waals surface area contributed by atoms with Gasteiger partial charge in [-0.05, 0) is 20.8 Å². The van der Waals surface area contributed by atoms with Crippen molar-refractivity contribution >= 4 is 12.4 Å². The number of aromatic amines is 1. The zero-order valence-corrected chi connectivity index (χ0v) is 10.6. The number of ether oxygens (including phenoxy) is 1. The predicted octanol–water partition coefficient (Wildman–Crippen LogP) is 1.21. The smallest absolute Gasteiger partial charge is 0.407 e. The molecule has 1 heterocycles. The van der Waals surface area contributed by atoms with Gasteiger partial charge in [0.1, 0.15) is 5.60 Å². The standard InChI is InChI=1S/C12H16N2O4/c1-12(2,3)18-11(17)14-6-9-8(7-15)10(16)4-5-13-9/h4-5,7H,6H2,1-3H3,(H,13,16)(H,14,17). The van der Waals surface area contributed by atoms with E-state index in [0.29, 0.717) is 12.0 Å². The second-order valence-electron chi connectivity index (χ2n) is 4.71. The molecule has 6 heteroatoms. The van der Waals surface area contributed by atoms with Crippen LogP contribution in [0, 0.1) is 0 Å². The van der Waals surface area contributed by atoms with E-state index < -0.39 is 11.7 Å². The topological polar surface area (TPSA) is 88.3 Å². The van der Waals surface area contributed by atoms with E-state index in [9.17, 15) is 14.4 Å². The number of H-pyrrole nitrogens is 1. The number of hydrogen-bond donors (Lipinski definition) is 2. The summed E-state index contributed by atoms with van der Waals surface area (Å²) in [7, 11) is 0. The lowest BCUT2D eigenvalue weighted by Gasteiger charge is -2.19. The Bertz CT molecular complexity index is 500. The van der Waals surface area contributed by atoms with Crippen molar-refractivity contribution in [2.75, 3.05) is 0 Å². The number of aromatic nitrogens is 1. The molecule has 0 saturated carbocycles. The van der Waals surface area contributed by atoms with Gasteiger partial charge < -0.3 is 15.0 Å². The van der Waals surface area contributed by atoms with Crippen molar-refractivity contribution in [1.29, 1.82) is 0 Å². The minimum atomic E-state index is -0.607. The largest absolute Gasteiger partial charge is 0.444 e. The van der Waals surface area contributed by atoms with E-state index in [-0.39, 0.29) is 17.5 Å². The Balaban J connectivity index is 2.70. The number of nitrogens with one attached hydrogen (secondary N) is 2. The summed E-state index contributed by atoms with van der Waals surface area (Å²) in [4.78, 5) is 36.3. The average Bonchev–Trinajstić information content (AvgIpc) is 2.24. The zero-order chi connectivity index (χ0) is 13.8. The minimum absolute atomic E-state index is 0.00792. The zero-order valence-electron chi connectivity index (χ0n) is 10.6. The van der Waals surface area contributed by atoms with Crippen LogP contribution in [0.3, 0.4) is 0 Å². The van der Waals surface area contributed by atoms with Crippen LogP contribution >= 0.6 is 0 Å². The van der Waals surface area contributed by atoms with Crippen molar-refractivity contribution in [3.63, 3.8) is 0 Å². The number of rotatable bonds is 3. The van der Waals surface area contributed by atoms with Crippen LogP contribution in [0.1, 0.15) is 36.8 Å². The van der Waals surface area contributed by atoms with Crippen LogP contribution < -0.4 is 10.7 Å². The van der Waals surface area contributed by atoms with Crippen LogP contribution in [-0.2, 0) is 11.3 Å². The van der Waals surface area contributed by atoms with Crippen molar-refractivity contribution in [1.82, 2.24) is 10.3 Å². The Kier molecular flexibility index (Phi) is 4.25. The first kappa shape index (κ1) is 14.0. The Labute approximate surface area is 104 Å². The van der Waals surface area contributed by atoms with Gasteiger partial charge in [0.05, 0.1) is 12.1 Å². The molecule has 1 aromatic rings. The lowest BCUT2D eigenvalue weighted by atomic mass is 10.2. The molecule has 6 nitrogen and oxygen atoms in total. The Morgan fingerprint density at radius 1 is 1.50 bits per heavy atom. The van der Waals surface area contributed by atoms with Gasteiger partial charge in [0.25, 0.3) is 0 Å². The molecule has 98 valence electrons. The molecule has 0 fully saturated rings. The second kappa shape index (κ2) is 5.48. The van der Waals surface area contributed by atoms with Crippen LogP contribution in [-0.4, -0.2) is 23.0 Å². The number of carbonyl (C=O) groups is 2. The van der Waals surface area contributed by atoms with E-state index in [1.54, 1.807) is 20.8 Å². The van der Waals surface area contributed by atoms with Crippen molar-refractivity contribution in [3.8, 4) is 0 Å². The van der Waals surface area contributed by atoms with Gasteiger partial charge in [-0.2, -0.15) is 0 Å². The molecule has 0 radical (unpaired) electrons.